The first-order chi connectivity index (χ1) is 32.9. The van der Waals surface area contributed by atoms with Gasteiger partial charge in [0.15, 0.2) is 5.60 Å². The summed E-state index contributed by atoms with van der Waals surface area (Å²) in [5.74, 6) is -5.41. The quantitative estimate of drug-likeness (QED) is 0.0812. The summed E-state index contributed by atoms with van der Waals surface area (Å²) < 4.78 is 40.4. The number of aliphatic carboxylic acids is 3. The van der Waals surface area contributed by atoms with Crippen molar-refractivity contribution in [2.75, 3.05) is 41.4 Å². The molecule has 10 rings (SSSR count). The Morgan fingerprint density at radius 2 is 0.942 bits per heavy atom. The number of halogens is 2. The Morgan fingerprint density at radius 3 is 1.26 bits per heavy atom. The van der Waals surface area contributed by atoms with Crippen molar-refractivity contribution in [3.05, 3.63) is 142 Å². The van der Waals surface area contributed by atoms with Crippen LogP contribution in [0.25, 0.3) is 21.8 Å². The van der Waals surface area contributed by atoms with Crippen molar-refractivity contribution >= 4 is 39.7 Å². The number of carbonyl (C=O) groups is 3. The molecular weight excluding hydrogens is 887 g/mol. The molecule has 2 aromatic heterocycles. The molecule has 69 heavy (non-hydrogen) atoms. The zero-order chi connectivity index (χ0) is 49.4. The fourth-order valence-electron chi connectivity index (χ4n) is 11.7. The second-order valence-corrected chi connectivity index (χ2v) is 19.6. The van der Waals surface area contributed by atoms with Gasteiger partial charge in [0.1, 0.15) is 22.8 Å². The molecule has 15 heteroatoms. The van der Waals surface area contributed by atoms with E-state index in [-0.39, 0.29) is 33.9 Å². The number of nitrogens with zero attached hydrogens (tertiary/aromatic N) is 2. The zero-order valence-corrected chi connectivity index (χ0v) is 39.6. The first-order valence-electron chi connectivity index (χ1n) is 23.6. The zero-order valence-electron chi connectivity index (χ0n) is 39.6. The largest absolute Gasteiger partial charge is 0.481 e. The van der Waals surface area contributed by atoms with Crippen molar-refractivity contribution in [1.82, 2.24) is 19.8 Å². The molecule has 0 unspecified atom stereocenters. The fraction of sp³-hybridized carbons (Fsp3) is 0.426. The van der Waals surface area contributed by atoms with E-state index in [4.69, 9.17) is 29.9 Å². The van der Waals surface area contributed by atoms with Gasteiger partial charge in [-0.3, -0.25) is 19.4 Å². The normalized spacial score (nSPS) is 24.3. The van der Waals surface area contributed by atoms with Gasteiger partial charge in [-0.25, -0.2) is 13.6 Å². The number of aromatic amines is 2. The number of fused-ring (bicyclic) bond motifs is 8. The minimum absolute atomic E-state index is 0.0333. The highest BCUT2D eigenvalue weighted by Gasteiger charge is 2.51. The number of nitrogens with one attached hydrogen (secondary N) is 2. The summed E-state index contributed by atoms with van der Waals surface area (Å²) in [5.41, 5.74) is 6.30. The van der Waals surface area contributed by atoms with Crippen LogP contribution in [0.3, 0.4) is 0 Å². The molecule has 2 spiro atoms. The standard InChI is InChI=1S/2C24H27FN2O.C6H8O7/c2*1-27(2)23(17-6-4-3-5-7-17)11-13-24(14-12-23)22-20(10-15-28-24)19-9-8-18(25)16-21(19)26-22;7-3(8)1-6(13,5(11)12)2-4(9)10/h2*3-9,16,26H,10-15H2,1-2H3;13H,1-2H2,(H,7,8)(H,9,10)(H,11,12). The molecule has 0 amide bonds. The van der Waals surface area contributed by atoms with Crippen LogP contribution < -0.4 is 0 Å². The monoisotopic (exact) mass is 948 g/mol. The van der Waals surface area contributed by atoms with E-state index in [1.807, 2.05) is 12.1 Å². The molecule has 0 saturated heterocycles. The highest BCUT2D eigenvalue weighted by molar-refractivity contribution is 5.88. The topological polar surface area (TPSA) is 189 Å². The lowest BCUT2D eigenvalue weighted by Gasteiger charge is -2.50. The lowest BCUT2D eigenvalue weighted by Crippen LogP contribution is -2.50. The molecule has 0 radical (unpaired) electrons. The average Bonchev–Trinajstić information content (AvgIpc) is 3.89. The van der Waals surface area contributed by atoms with Gasteiger partial charge in [0.25, 0.3) is 0 Å². The van der Waals surface area contributed by atoms with Gasteiger partial charge in [0.2, 0.25) is 0 Å². The SMILES string of the molecule is CN(C)C1(c2ccccc2)CCC2(CC1)OCCc1c2[nH]c2cc(F)ccc12.CN(C)C1(c2ccccc2)CCC2(CC1)OCCc1c2[nH]c2cc(F)ccc12.O=C(O)CC(O)(CC(=O)O)C(=O)O. The summed E-state index contributed by atoms with van der Waals surface area (Å²) >= 11 is 0. The third-order valence-electron chi connectivity index (χ3n) is 15.5. The van der Waals surface area contributed by atoms with E-state index in [1.54, 1.807) is 24.3 Å². The molecule has 0 bridgehead atoms. The van der Waals surface area contributed by atoms with Crippen LogP contribution in [0.15, 0.2) is 97.1 Å². The molecule has 366 valence electrons. The van der Waals surface area contributed by atoms with E-state index in [9.17, 15) is 23.2 Å². The molecule has 2 fully saturated rings. The van der Waals surface area contributed by atoms with Crippen molar-refractivity contribution in [3.63, 3.8) is 0 Å². The van der Waals surface area contributed by atoms with Gasteiger partial charge >= 0.3 is 17.9 Å². The summed E-state index contributed by atoms with van der Waals surface area (Å²) in [6.07, 6.45) is 7.47. The minimum atomic E-state index is -2.74. The van der Waals surface area contributed by atoms with E-state index in [1.165, 1.54) is 33.6 Å². The smallest absolute Gasteiger partial charge is 0.336 e. The van der Waals surface area contributed by atoms with Crippen LogP contribution >= 0.6 is 0 Å². The number of aliphatic hydroxyl groups is 1. The van der Waals surface area contributed by atoms with Gasteiger partial charge in [-0.05, 0) is 151 Å². The first-order valence-corrected chi connectivity index (χ1v) is 23.6. The fourth-order valence-corrected chi connectivity index (χ4v) is 11.7. The van der Waals surface area contributed by atoms with Crippen LogP contribution in [0.4, 0.5) is 8.78 Å². The van der Waals surface area contributed by atoms with Gasteiger partial charge in [-0.2, -0.15) is 0 Å². The molecule has 0 atom stereocenters. The second-order valence-electron chi connectivity index (χ2n) is 19.6. The van der Waals surface area contributed by atoms with Crippen LogP contribution in [-0.4, -0.2) is 105 Å². The van der Waals surface area contributed by atoms with Gasteiger partial charge < -0.3 is 39.9 Å². The van der Waals surface area contributed by atoms with Crippen molar-refractivity contribution in [3.8, 4) is 0 Å². The maximum Gasteiger partial charge on any atom is 0.336 e. The minimum Gasteiger partial charge on any atom is -0.481 e. The predicted octanol–water partition coefficient (Wildman–Crippen LogP) is 8.96. The van der Waals surface area contributed by atoms with E-state index in [0.29, 0.717) is 0 Å². The number of hydrogen-bond acceptors (Lipinski definition) is 8. The highest BCUT2D eigenvalue weighted by Crippen LogP contribution is 2.54. The molecule has 4 aromatic carbocycles. The van der Waals surface area contributed by atoms with E-state index in [0.717, 1.165) is 99.2 Å². The van der Waals surface area contributed by atoms with Gasteiger partial charge in [-0.15, -0.1) is 0 Å². The Labute approximate surface area is 400 Å². The van der Waals surface area contributed by atoms with Crippen molar-refractivity contribution in [1.29, 1.82) is 0 Å². The maximum absolute atomic E-state index is 13.8. The third kappa shape index (κ3) is 9.42. The maximum atomic E-state index is 13.8. The molecule has 13 nitrogen and oxygen atoms in total. The van der Waals surface area contributed by atoms with Gasteiger partial charge in [-0.1, -0.05) is 60.7 Å². The Hall–Kier alpha value is -5.97. The Bertz CT molecular complexity index is 2630. The van der Waals surface area contributed by atoms with Crippen molar-refractivity contribution in [2.24, 2.45) is 0 Å². The van der Waals surface area contributed by atoms with Gasteiger partial charge in [0, 0.05) is 32.9 Å². The number of aromatic nitrogens is 2. The van der Waals surface area contributed by atoms with Crippen molar-refractivity contribution < 1.29 is 53.1 Å². The summed E-state index contributed by atoms with van der Waals surface area (Å²) in [4.78, 5) is 42.3. The van der Waals surface area contributed by atoms with Crippen LogP contribution in [0, 0.1) is 11.6 Å². The molecular formula is C54H62F2N4O9. The summed E-state index contributed by atoms with van der Waals surface area (Å²) in [6.45, 7) is 1.47. The highest BCUT2D eigenvalue weighted by atomic mass is 19.1. The number of hydrogen-bond donors (Lipinski definition) is 6. The van der Waals surface area contributed by atoms with Crippen LogP contribution in [0.1, 0.15) is 97.8 Å². The summed E-state index contributed by atoms with van der Waals surface area (Å²) in [5, 5.41) is 36.1. The van der Waals surface area contributed by atoms with E-state index >= 15 is 0 Å². The van der Waals surface area contributed by atoms with Crippen molar-refractivity contribution in [2.45, 2.75) is 105 Å². The molecule has 2 aliphatic heterocycles. The Balaban J connectivity index is 0.000000150. The summed E-state index contributed by atoms with van der Waals surface area (Å²) in [6, 6.07) is 31.8. The van der Waals surface area contributed by atoms with Gasteiger partial charge in [0.05, 0.1) is 37.4 Å². The van der Waals surface area contributed by atoms with Crippen LogP contribution in [0.5, 0.6) is 0 Å². The lowest BCUT2D eigenvalue weighted by molar-refractivity contribution is -0.170. The predicted molar refractivity (Wildman–Crippen MR) is 257 cm³/mol. The number of ether oxygens (including phenoxy) is 2. The van der Waals surface area contributed by atoms with E-state index in [2.05, 4.69) is 109 Å². The number of carboxylic acid groups (broad SMARTS) is 3. The number of H-pyrrole nitrogens is 2. The molecule has 6 aromatic rings. The first kappa shape index (κ1) is 49.5. The molecule has 6 N–H and O–H groups in total. The number of carboxylic acids is 3. The van der Waals surface area contributed by atoms with Crippen LogP contribution in [0.2, 0.25) is 0 Å². The third-order valence-corrected chi connectivity index (χ3v) is 15.5. The number of benzene rings is 4. The lowest BCUT2D eigenvalue weighted by atomic mass is 9.68. The van der Waals surface area contributed by atoms with E-state index < -0.39 is 36.4 Å². The molecule has 2 aliphatic carbocycles. The molecule has 4 heterocycles. The number of rotatable bonds is 9. The summed E-state index contributed by atoms with van der Waals surface area (Å²) in [7, 11) is 8.74. The molecule has 4 aliphatic rings. The second kappa shape index (κ2) is 19.4. The Morgan fingerprint density at radius 1 is 0.580 bits per heavy atom. The molecule has 2 saturated carbocycles. The van der Waals surface area contributed by atoms with Crippen LogP contribution in [-0.2, 0) is 59.0 Å². The average molecular weight is 949 g/mol. The Kier molecular flexibility index (Phi) is 13.9.